The van der Waals surface area contributed by atoms with E-state index in [1.54, 1.807) is 5.57 Å². The van der Waals surface area contributed by atoms with E-state index < -0.39 is 0 Å². The SMILES string of the molecule is COC(=O)C1=C2C3=C(CCC3)CC2CCC1. The van der Waals surface area contributed by atoms with Gasteiger partial charge in [-0.15, -0.1) is 0 Å². The van der Waals surface area contributed by atoms with Crippen LogP contribution in [0.3, 0.4) is 0 Å². The van der Waals surface area contributed by atoms with Crippen molar-refractivity contribution in [2.75, 3.05) is 7.11 Å². The third-order valence-electron chi connectivity index (χ3n) is 4.29. The second-order valence-electron chi connectivity index (χ2n) is 5.11. The largest absolute Gasteiger partial charge is 0.466 e. The van der Waals surface area contributed by atoms with Crippen molar-refractivity contribution < 1.29 is 9.53 Å². The second kappa shape index (κ2) is 3.76. The number of hydrogen-bond donors (Lipinski definition) is 0. The molecule has 0 amide bonds. The van der Waals surface area contributed by atoms with Crippen LogP contribution in [0.5, 0.6) is 0 Å². The molecule has 86 valence electrons. The molecule has 3 aliphatic carbocycles. The topological polar surface area (TPSA) is 26.3 Å². The molecular weight excluding hydrogens is 200 g/mol. The molecule has 0 aliphatic heterocycles. The molecule has 0 fully saturated rings. The van der Waals surface area contributed by atoms with Crippen LogP contribution in [0.1, 0.15) is 44.9 Å². The van der Waals surface area contributed by atoms with Crippen molar-refractivity contribution in [1.29, 1.82) is 0 Å². The molecule has 2 nitrogen and oxygen atoms in total. The molecule has 0 aromatic carbocycles. The monoisotopic (exact) mass is 218 g/mol. The van der Waals surface area contributed by atoms with E-state index in [2.05, 4.69) is 0 Å². The van der Waals surface area contributed by atoms with Gasteiger partial charge in [-0.3, -0.25) is 0 Å². The van der Waals surface area contributed by atoms with Gasteiger partial charge >= 0.3 is 5.97 Å². The van der Waals surface area contributed by atoms with E-state index in [1.165, 1.54) is 50.4 Å². The maximum atomic E-state index is 11.8. The summed E-state index contributed by atoms with van der Waals surface area (Å²) in [7, 11) is 1.50. The lowest BCUT2D eigenvalue weighted by Crippen LogP contribution is -2.16. The first kappa shape index (κ1) is 10.1. The van der Waals surface area contributed by atoms with Crippen molar-refractivity contribution >= 4 is 5.97 Å². The first-order valence-electron chi connectivity index (χ1n) is 6.34. The summed E-state index contributed by atoms with van der Waals surface area (Å²) in [5.41, 5.74) is 5.56. The van der Waals surface area contributed by atoms with Crippen LogP contribution in [0.4, 0.5) is 0 Å². The maximum absolute atomic E-state index is 11.8. The van der Waals surface area contributed by atoms with Crippen LogP contribution in [0.2, 0.25) is 0 Å². The molecule has 0 radical (unpaired) electrons. The minimum absolute atomic E-state index is 0.0830. The van der Waals surface area contributed by atoms with E-state index >= 15 is 0 Å². The first-order valence-corrected chi connectivity index (χ1v) is 6.34. The van der Waals surface area contributed by atoms with Gasteiger partial charge in [0.05, 0.1) is 7.11 Å². The molecular formula is C14H18O2. The lowest BCUT2D eigenvalue weighted by molar-refractivity contribution is -0.136. The highest BCUT2D eigenvalue weighted by atomic mass is 16.5. The van der Waals surface area contributed by atoms with Gasteiger partial charge in [0.15, 0.2) is 0 Å². The summed E-state index contributed by atoms with van der Waals surface area (Å²) in [5.74, 6) is 0.563. The minimum Gasteiger partial charge on any atom is -0.466 e. The van der Waals surface area contributed by atoms with E-state index in [-0.39, 0.29) is 5.97 Å². The van der Waals surface area contributed by atoms with Gasteiger partial charge in [-0.05, 0) is 62.0 Å². The molecule has 0 N–H and O–H groups in total. The zero-order valence-corrected chi connectivity index (χ0v) is 9.84. The van der Waals surface area contributed by atoms with E-state index in [1.807, 2.05) is 0 Å². The van der Waals surface area contributed by atoms with Crippen LogP contribution in [0.15, 0.2) is 22.3 Å². The zero-order valence-electron chi connectivity index (χ0n) is 9.84. The van der Waals surface area contributed by atoms with Crippen LogP contribution in [-0.2, 0) is 9.53 Å². The lowest BCUT2D eigenvalue weighted by Gasteiger charge is -2.24. The van der Waals surface area contributed by atoms with Crippen molar-refractivity contribution in [3.05, 3.63) is 22.3 Å². The predicted octanol–water partition coefficient (Wildman–Crippen LogP) is 3.14. The Morgan fingerprint density at radius 3 is 2.94 bits per heavy atom. The Morgan fingerprint density at radius 1 is 1.25 bits per heavy atom. The Bertz CT molecular complexity index is 401. The minimum atomic E-state index is -0.0830. The van der Waals surface area contributed by atoms with Crippen molar-refractivity contribution in [1.82, 2.24) is 0 Å². The zero-order chi connectivity index (χ0) is 11.1. The third-order valence-corrected chi connectivity index (χ3v) is 4.29. The summed E-state index contributed by atoms with van der Waals surface area (Å²) in [5, 5.41) is 0. The average Bonchev–Trinajstić information content (AvgIpc) is 2.86. The van der Waals surface area contributed by atoms with Gasteiger partial charge in [0.25, 0.3) is 0 Å². The summed E-state index contributed by atoms with van der Waals surface area (Å²) in [4.78, 5) is 11.8. The summed E-state index contributed by atoms with van der Waals surface area (Å²) < 4.78 is 4.93. The number of hydrogen-bond acceptors (Lipinski definition) is 2. The quantitative estimate of drug-likeness (QED) is 0.632. The predicted molar refractivity (Wildman–Crippen MR) is 61.9 cm³/mol. The number of carbonyl (C=O) groups excluding carboxylic acids is 1. The molecule has 0 aromatic heterocycles. The van der Waals surface area contributed by atoms with Crippen molar-refractivity contribution in [2.24, 2.45) is 5.92 Å². The summed E-state index contributed by atoms with van der Waals surface area (Å²) in [6.45, 7) is 0. The molecule has 16 heavy (non-hydrogen) atoms. The van der Waals surface area contributed by atoms with E-state index in [0.717, 1.165) is 18.4 Å². The molecule has 0 spiro atoms. The average molecular weight is 218 g/mol. The van der Waals surface area contributed by atoms with E-state index in [0.29, 0.717) is 5.92 Å². The molecule has 3 rings (SSSR count). The van der Waals surface area contributed by atoms with Gasteiger partial charge in [-0.25, -0.2) is 4.79 Å². The number of esters is 1. The summed E-state index contributed by atoms with van der Waals surface area (Å²) in [6.07, 6.45) is 8.32. The van der Waals surface area contributed by atoms with Gasteiger partial charge in [-0.1, -0.05) is 5.57 Å². The van der Waals surface area contributed by atoms with Crippen LogP contribution in [-0.4, -0.2) is 13.1 Å². The Labute approximate surface area is 96.4 Å². The van der Waals surface area contributed by atoms with Gasteiger partial charge in [0.2, 0.25) is 0 Å². The van der Waals surface area contributed by atoms with Crippen LogP contribution < -0.4 is 0 Å². The van der Waals surface area contributed by atoms with Crippen molar-refractivity contribution in [3.63, 3.8) is 0 Å². The number of rotatable bonds is 1. The van der Waals surface area contributed by atoms with Gasteiger partial charge in [-0.2, -0.15) is 0 Å². The molecule has 1 unspecified atom stereocenters. The number of fused-ring (bicyclic) bond motifs is 2. The molecule has 3 aliphatic rings. The van der Waals surface area contributed by atoms with Crippen LogP contribution >= 0.6 is 0 Å². The fraction of sp³-hybridized carbons (Fsp3) is 0.643. The van der Waals surface area contributed by atoms with Crippen LogP contribution in [0, 0.1) is 5.92 Å². The smallest absolute Gasteiger partial charge is 0.334 e. The molecule has 0 aromatic rings. The molecule has 2 heteroatoms. The Morgan fingerprint density at radius 2 is 2.12 bits per heavy atom. The molecule has 0 bridgehead atoms. The number of methoxy groups -OCH3 is 1. The Kier molecular flexibility index (Phi) is 2.38. The van der Waals surface area contributed by atoms with Gasteiger partial charge in [0, 0.05) is 5.57 Å². The van der Waals surface area contributed by atoms with E-state index in [9.17, 15) is 4.79 Å². The second-order valence-corrected chi connectivity index (χ2v) is 5.11. The number of allylic oxidation sites excluding steroid dienone is 3. The van der Waals surface area contributed by atoms with E-state index in [4.69, 9.17) is 4.74 Å². The maximum Gasteiger partial charge on any atom is 0.334 e. The van der Waals surface area contributed by atoms with Crippen molar-refractivity contribution in [2.45, 2.75) is 44.9 Å². The summed E-state index contributed by atoms with van der Waals surface area (Å²) in [6, 6.07) is 0. The van der Waals surface area contributed by atoms with Gasteiger partial charge < -0.3 is 4.74 Å². The normalized spacial score (nSPS) is 28.2. The lowest BCUT2D eigenvalue weighted by atomic mass is 9.81. The molecule has 0 heterocycles. The number of carbonyl (C=O) groups is 1. The standard InChI is InChI=1S/C14H18O2/c1-16-14(15)12-7-3-5-10-8-9-4-2-6-11(9)13(10)12/h10H,2-8H2,1H3. The summed E-state index contributed by atoms with van der Waals surface area (Å²) >= 11 is 0. The highest BCUT2D eigenvalue weighted by Crippen LogP contribution is 2.51. The Balaban J connectivity index is 2.05. The fourth-order valence-electron chi connectivity index (χ4n) is 3.67. The van der Waals surface area contributed by atoms with Crippen molar-refractivity contribution in [3.8, 4) is 0 Å². The first-order chi connectivity index (χ1) is 7.81. The number of ether oxygens (including phenoxy) is 1. The third kappa shape index (κ3) is 1.35. The molecule has 0 saturated carbocycles. The highest BCUT2D eigenvalue weighted by Gasteiger charge is 2.37. The molecule has 1 atom stereocenters. The Hall–Kier alpha value is -1.05. The van der Waals surface area contributed by atoms with Crippen LogP contribution in [0.25, 0.3) is 0 Å². The van der Waals surface area contributed by atoms with Gasteiger partial charge in [0.1, 0.15) is 0 Å². The fourth-order valence-corrected chi connectivity index (χ4v) is 3.67. The molecule has 0 saturated heterocycles. The highest BCUT2D eigenvalue weighted by molar-refractivity contribution is 5.91.